The van der Waals surface area contributed by atoms with E-state index in [1.54, 1.807) is 24.4 Å². The summed E-state index contributed by atoms with van der Waals surface area (Å²) in [5, 5.41) is 10.9. The molecule has 0 unspecified atom stereocenters. The van der Waals surface area contributed by atoms with Crippen molar-refractivity contribution in [3.8, 4) is 5.75 Å². The minimum Gasteiger partial charge on any atom is -0.507 e. The average Bonchev–Trinajstić information content (AvgIpc) is 2.36. The summed E-state index contributed by atoms with van der Waals surface area (Å²) in [4.78, 5) is 4.26. The van der Waals surface area contributed by atoms with E-state index in [4.69, 9.17) is 23.2 Å². The minimum absolute atomic E-state index is 0.166. The Hall–Kier alpha value is -1.51. The minimum atomic E-state index is 0.166. The van der Waals surface area contributed by atoms with Gasteiger partial charge in [-0.25, -0.2) is 0 Å². The van der Waals surface area contributed by atoms with Gasteiger partial charge < -0.3 is 5.11 Å². The lowest BCUT2D eigenvalue weighted by molar-refractivity contribution is 0.474. The third kappa shape index (κ3) is 3.49. The van der Waals surface area contributed by atoms with Crippen LogP contribution >= 0.6 is 23.2 Å². The van der Waals surface area contributed by atoms with Gasteiger partial charge in [0.05, 0.1) is 6.54 Å². The lowest BCUT2D eigenvalue weighted by Gasteiger charge is -1.99. The van der Waals surface area contributed by atoms with Crippen molar-refractivity contribution in [3.05, 3.63) is 63.6 Å². The second kappa shape index (κ2) is 5.89. The summed E-state index contributed by atoms with van der Waals surface area (Å²) in [6.07, 6.45) is 1.61. The monoisotopic (exact) mass is 279 g/mol. The second-order valence-corrected chi connectivity index (χ2v) is 4.67. The molecule has 0 amide bonds. The molecule has 0 radical (unpaired) electrons. The summed E-state index contributed by atoms with van der Waals surface area (Å²) < 4.78 is 0. The number of hydrogen-bond acceptors (Lipinski definition) is 2. The van der Waals surface area contributed by atoms with Crippen molar-refractivity contribution < 1.29 is 5.11 Å². The summed E-state index contributed by atoms with van der Waals surface area (Å²) in [5.41, 5.74) is 1.66. The van der Waals surface area contributed by atoms with E-state index in [-0.39, 0.29) is 5.75 Å². The highest BCUT2D eigenvalue weighted by molar-refractivity contribution is 6.31. The van der Waals surface area contributed by atoms with Gasteiger partial charge in [-0.05, 0) is 35.9 Å². The zero-order valence-electron chi connectivity index (χ0n) is 9.48. The lowest BCUT2D eigenvalue weighted by Crippen LogP contribution is -1.85. The van der Waals surface area contributed by atoms with Crippen LogP contribution in [-0.2, 0) is 6.54 Å². The summed E-state index contributed by atoms with van der Waals surface area (Å²) in [5.74, 6) is 0.166. The fourth-order valence-electron chi connectivity index (χ4n) is 1.47. The molecule has 0 spiro atoms. The van der Waals surface area contributed by atoms with Crippen molar-refractivity contribution in [2.45, 2.75) is 6.54 Å². The predicted molar refractivity (Wildman–Crippen MR) is 75.9 cm³/mol. The first-order valence-electron chi connectivity index (χ1n) is 5.38. The molecular weight excluding hydrogens is 269 g/mol. The summed E-state index contributed by atoms with van der Waals surface area (Å²) in [6.45, 7) is 0.531. The Labute approximate surface area is 116 Å². The number of phenols is 1. The number of phenolic OH excluding ortho intramolecular Hbond substituents is 1. The zero-order valence-corrected chi connectivity index (χ0v) is 11.0. The number of halogens is 2. The first kappa shape index (κ1) is 12.9. The van der Waals surface area contributed by atoms with Crippen LogP contribution in [0.1, 0.15) is 11.1 Å². The van der Waals surface area contributed by atoms with Crippen molar-refractivity contribution >= 4 is 29.4 Å². The normalized spacial score (nSPS) is 11.0. The molecule has 2 nitrogen and oxygen atoms in total. The molecule has 18 heavy (non-hydrogen) atoms. The highest BCUT2D eigenvalue weighted by atomic mass is 35.5. The molecule has 2 aromatic rings. The number of aromatic hydroxyl groups is 1. The smallest absolute Gasteiger partial charge is 0.124 e. The molecule has 1 N–H and O–H groups in total. The summed E-state index contributed by atoms with van der Waals surface area (Å²) in [7, 11) is 0. The quantitative estimate of drug-likeness (QED) is 0.834. The maximum absolute atomic E-state index is 9.60. The van der Waals surface area contributed by atoms with Gasteiger partial charge in [0.2, 0.25) is 0 Å². The van der Waals surface area contributed by atoms with Gasteiger partial charge in [0.1, 0.15) is 5.75 Å². The van der Waals surface area contributed by atoms with Gasteiger partial charge >= 0.3 is 0 Å². The van der Waals surface area contributed by atoms with Crippen molar-refractivity contribution in [2.24, 2.45) is 4.99 Å². The number of hydrogen-bond donors (Lipinski definition) is 1. The average molecular weight is 280 g/mol. The molecule has 0 fully saturated rings. The Bertz CT molecular complexity index is 565. The van der Waals surface area contributed by atoms with E-state index in [0.717, 1.165) is 5.56 Å². The van der Waals surface area contributed by atoms with E-state index in [0.29, 0.717) is 22.2 Å². The van der Waals surface area contributed by atoms with Gasteiger partial charge in [-0.3, -0.25) is 4.99 Å². The van der Waals surface area contributed by atoms with E-state index in [1.165, 1.54) is 0 Å². The zero-order chi connectivity index (χ0) is 13.0. The van der Waals surface area contributed by atoms with E-state index in [2.05, 4.69) is 4.99 Å². The Morgan fingerprint density at radius 2 is 1.67 bits per heavy atom. The van der Waals surface area contributed by atoms with E-state index < -0.39 is 0 Å². The highest BCUT2D eigenvalue weighted by Gasteiger charge is 1.98. The van der Waals surface area contributed by atoms with E-state index in [9.17, 15) is 5.11 Å². The SMILES string of the molecule is Oc1ccc(Cl)cc1C=NCc1ccc(Cl)cc1. The fourth-order valence-corrected chi connectivity index (χ4v) is 1.77. The van der Waals surface area contributed by atoms with E-state index in [1.807, 2.05) is 24.3 Å². The van der Waals surface area contributed by atoms with Gasteiger partial charge in [0.25, 0.3) is 0 Å². The molecule has 0 saturated carbocycles. The third-order valence-electron chi connectivity index (χ3n) is 2.41. The maximum atomic E-state index is 9.60. The Balaban J connectivity index is 2.07. The topological polar surface area (TPSA) is 32.6 Å². The molecule has 0 saturated heterocycles. The Kier molecular flexibility index (Phi) is 4.24. The molecule has 0 aliphatic rings. The van der Waals surface area contributed by atoms with Crippen LogP contribution in [0.25, 0.3) is 0 Å². The molecule has 0 aliphatic heterocycles. The molecule has 2 aromatic carbocycles. The largest absolute Gasteiger partial charge is 0.507 e. The molecule has 4 heteroatoms. The highest BCUT2D eigenvalue weighted by Crippen LogP contribution is 2.19. The molecular formula is C14H11Cl2NO. The van der Waals surface area contributed by atoms with Crippen LogP contribution in [0.2, 0.25) is 10.0 Å². The van der Waals surface area contributed by atoms with Crippen LogP contribution in [-0.4, -0.2) is 11.3 Å². The maximum Gasteiger partial charge on any atom is 0.124 e. The van der Waals surface area contributed by atoms with Crippen LogP contribution in [0.3, 0.4) is 0 Å². The van der Waals surface area contributed by atoms with Crippen molar-refractivity contribution in [3.63, 3.8) is 0 Å². The Morgan fingerprint density at radius 3 is 2.39 bits per heavy atom. The molecule has 2 rings (SSSR count). The lowest BCUT2D eigenvalue weighted by atomic mass is 10.2. The second-order valence-electron chi connectivity index (χ2n) is 3.80. The van der Waals surface area contributed by atoms with Crippen LogP contribution < -0.4 is 0 Å². The molecule has 0 aliphatic carbocycles. The van der Waals surface area contributed by atoms with Crippen LogP contribution in [0.15, 0.2) is 47.5 Å². The number of nitrogens with zero attached hydrogens (tertiary/aromatic N) is 1. The van der Waals surface area contributed by atoms with Crippen LogP contribution in [0.4, 0.5) is 0 Å². The fraction of sp³-hybridized carbons (Fsp3) is 0.0714. The van der Waals surface area contributed by atoms with E-state index >= 15 is 0 Å². The van der Waals surface area contributed by atoms with Crippen LogP contribution in [0.5, 0.6) is 5.75 Å². The molecule has 0 aromatic heterocycles. The van der Waals surface area contributed by atoms with Gasteiger partial charge in [-0.2, -0.15) is 0 Å². The predicted octanol–water partition coefficient (Wildman–Crippen LogP) is 4.32. The summed E-state index contributed by atoms with van der Waals surface area (Å²) >= 11 is 11.6. The van der Waals surface area contributed by atoms with Gasteiger partial charge in [-0.15, -0.1) is 0 Å². The van der Waals surface area contributed by atoms with Gasteiger partial charge in [-0.1, -0.05) is 35.3 Å². The first-order valence-corrected chi connectivity index (χ1v) is 6.13. The third-order valence-corrected chi connectivity index (χ3v) is 2.89. The summed E-state index contributed by atoms with van der Waals surface area (Å²) in [6, 6.07) is 12.3. The van der Waals surface area contributed by atoms with Gasteiger partial charge in [0.15, 0.2) is 0 Å². The Morgan fingerprint density at radius 1 is 1.00 bits per heavy atom. The van der Waals surface area contributed by atoms with Crippen molar-refractivity contribution in [2.75, 3.05) is 0 Å². The molecule has 0 atom stereocenters. The standard InChI is InChI=1S/C14H11Cl2NO/c15-12-3-1-10(2-4-12)8-17-9-11-7-13(16)5-6-14(11)18/h1-7,9,18H,8H2. The number of rotatable bonds is 3. The van der Waals surface area contributed by atoms with Crippen LogP contribution in [0, 0.1) is 0 Å². The van der Waals surface area contributed by atoms with Crippen molar-refractivity contribution in [1.29, 1.82) is 0 Å². The number of benzene rings is 2. The molecule has 92 valence electrons. The first-order chi connectivity index (χ1) is 8.65. The molecule has 0 heterocycles. The molecule has 0 bridgehead atoms. The van der Waals surface area contributed by atoms with Crippen molar-refractivity contribution in [1.82, 2.24) is 0 Å². The number of aliphatic imine (C=N–C) groups is 1. The van der Waals surface area contributed by atoms with Gasteiger partial charge in [0, 0.05) is 21.8 Å².